The van der Waals surface area contributed by atoms with Crippen molar-refractivity contribution >= 4 is 43.4 Å². The highest BCUT2D eigenvalue weighted by Gasteiger charge is 2.26. The summed E-state index contributed by atoms with van der Waals surface area (Å²) in [5, 5.41) is 3.16. The Bertz CT molecular complexity index is 1290. The monoisotopic (exact) mass is 431 g/mol. The van der Waals surface area contributed by atoms with Gasteiger partial charge in [-0.05, 0) is 53.9 Å². The molecule has 1 aromatic heterocycles. The molecule has 5 rings (SSSR count). The molecule has 158 valence electrons. The van der Waals surface area contributed by atoms with E-state index in [0.29, 0.717) is 24.4 Å². The Morgan fingerprint density at radius 2 is 1.71 bits per heavy atom. The van der Waals surface area contributed by atoms with Crippen molar-refractivity contribution in [3.8, 4) is 5.75 Å². The molecule has 6 heteroatoms. The van der Waals surface area contributed by atoms with Crippen LogP contribution >= 0.6 is 11.3 Å². The molecule has 3 aromatic carbocycles. The molecular formula is C25H25N3O2S. The molecule has 31 heavy (non-hydrogen) atoms. The van der Waals surface area contributed by atoms with E-state index in [1.807, 2.05) is 41.3 Å². The first kappa shape index (κ1) is 19.8. The molecule has 1 fully saturated rings. The molecule has 0 N–H and O–H groups in total. The highest BCUT2D eigenvalue weighted by molar-refractivity contribution is 7.22. The zero-order valence-corrected chi connectivity index (χ0v) is 18.8. The second-order valence-electron chi connectivity index (χ2n) is 8.11. The summed E-state index contributed by atoms with van der Waals surface area (Å²) in [4.78, 5) is 22.4. The zero-order valence-electron chi connectivity index (χ0n) is 18.0. The topological polar surface area (TPSA) is 45.7 Å². The maximum atomic E-state index is 13.3. The highest BCUT2D eigenvalue weighted by Crippen LogP contribution is 2.33. The van der Waals surface area contributed by atoms with Crippen LogP contribution in [0, 0.1) is 13.8 Å². The van der Waals surface area contributed by atoms with Crippen LogP contribution in [-0.2, 0) is 0 Å². The van der Waals surface area contributed by atoms with Gasteiger partial charge >= 0.3 is 0 Å². The average molecular weight is 432 g/mol. The average Bonchev–Trinajstić information content (AvgIpc) is 3.22. The number of fused-ring (bicyclic) bond motifs is 2. The van der Waals surface area contributed by atoms with Crippen molar-refractivity contribution in [3.63, 3.8) is 0 Å². The quantitative estimate of drug-likeness (QED) is 0.456. The predicted octanol–water partition coefficient (Wildman–Crippen LogP) is 5.04. The fourth-order valence-corrected chi connectivity index (χ4v) is 5.39. The number of carbonyl (C=O) groups excluding carboxylic acids is 1. The van der Waals surface area contributed by atoms with Gasteiger partial charge in [0.15, 0.2) is 5.13 Å². The van der Waals surface area contributed by atoms with Crippen LogP contribution in [-0.4, -0.2) is 49.1 Å². The lowest BCUT2D eigenvalue weighted by Crippen LogP contribution is -2.48. The normalized spacial score (nSPS) is 14.4. The number of ether oxygens (including phenoxy) is 1. The third-order valence-corrected chi connectivity index (χ3v) is 7.21. The van der Waals surface area contributed by atoms with Crippen LogP contribution < -0.4 is 9.64 Å². The van der Waals surface area contributed by atoms with Gasteiger partial charge in [-0.3, -0.25) is 4.79 Å². The van der Waals surface area contributed by atoms with Crippen LogP contribution in [0.3, 0.4) is 0 Å². The fourth-order valence-electron chi connectivity index (χ4n) is 4.33. The van der Waals surface area contributed by atoms with E-state index >= 15 is 0 Å². The molecule has 1 saturated heterocycles. The first-order chi connectivity index (χ1) is 15.0. The number of aromatic nitrogens is 1. The Hall–Kier alpha value is -3.12. The van der Waals surface area contributed by atoms with E-state index in [1.165, 1.54) is 15.8 Å². The van der Waals surface area contributed by atoms with E-state index in [-0.39, 0.29) is 5.91 Å². The Labute approximate surface area is 185 Å². The van der Waals surface area contributed by atoms with E-state index in [9.17, 15) is 4.79 Å². The van der Waals surface area contributed by atoms with Gasteiger partial charge in [-0.1, -0.05) is 41.7 Å². The lowest BCUT2D eigenvalue weighted by Gasteiger charge is -2.34. The van der Waals surface area contributed by atoms with Crippen LogP contribution in [0.2, 0.25) is 0 Å². The van der Waals surface area contributed by atoms with Gasteiger partial charge < -0.3 is 14.5 Å². The van der Waals surface area contributed by atoms with Crippen molar-refractivity contribution in [1.29, 1.82) is 0 Å². The second-order valence-corrected chi connectivity index (χ2v) is 9.08. The summed E-state index contributed by atoms with van der Waals surface area (Å²) in [7, 11) is 1.62. The first-order valence-electron chi connectivity index (χ1n) is 10.5. The number of hydrogen-bond donors (Lipinski definition) is 0. The number of methoxy groups -OCH3 is 1. The molecule has 1 aliphatic heterocycles. The molecular weight excluding hydrogens is 406 g/mol. The van der Waals surface area contributed by atoms with Gasteiger partial charge in [0.1, 0.15) is 5.75 Å². The summed E-state index contributed by atoms with van der Waals surface area (Å²) in [6, 6.07) is 16.3. The molecule has 1 aliphatic rings. The molecule has 2 heterocycles. The molecule has 0 bridgehead atoms. The number of aryl methyl sites for hydroxylation is 2. The van der Waals surface area contributed by atoms with E-state index < -0.39 is 0 Å². The third-order valence-electron chi connectivity index (χ3n) is 5.94. The summed E-state index contributed by atoms with van der Waals surface area (Å²) >= 11 is 1.74. The number of amides is 1. The molecule has 0 radical (unpaired) electrons. The molecule has 0 spiro atoms. The first-order valence-corrected chi connectivity index (χ1v) is 11.3. The van der Waals surface area contributed by atoms with Crippen LogP contribution in [0.25, 0.3) is 21.0 Å². The van der Waals surface area contributed by atoms with Gasteiger partial charge in [-0.25, -0.2) is 4.98 Å². The Morgan fingerprint density at radius 1 is 1.00 bits per heavy atom. The van der Waals surface area contributed by atoms with E-state index in [4.69, 9.17) is 9.72 Å². The van der Waals surface area contributed by atoms with Gasteiger partial charge in [0.2, 0.25) is 0 Å². The van der Waals surface area contributed by atoms with Gasteiger partial charge in [0.05, 0.1) is 22.9 Å². The van der Waals surface area contributed by atoms with Crippen molar-refractivity contribution in [2.24, 2.45) is 0 Å². The summed E-state index contributed by atoms with van der Waals surface area (Å²) in [5.74, 6) is 0.654. The number of anilines is 1. The standard InChI is InChI=1S/C25H25N3O2S/c1-16-12-17(2)23-21(13-16)26-25(31-23)28-10-8-27(9-11-28)24(29)20-14-18-6-4-5-7-19(18)15-22(20)30-3/h4-7,12-15H,8-11H2,1-3H3. The largest absolute Gasteiger partial charge is 0.496 e. The van der Waals surface area contributed by atoms with E-state index in [0.717, 1.165) is 34.5 Å². The van der Waals surface area contributed by atoms with Crippen molar-refractivity contribution in [2.45, 2.75) is 13.8 Å². The highest BCUT2D eigenvalue weighted by atomic mass is 32.1. The Balaban J connectivity index is 1.35. The minimum atomic E-state index is 0.0259. The summed E-state index contributed by atoms with van der Waals surface area (Å²) in [6.45, 7) is 7.15. The van der Waals surface area contributed by atoms with Crippen LogP contribution in [0.1, 0.15) is 21.5 Å². The van der Waals surface area contributed by atoms with Gasteiger partial charge in [-0.2, -0.15) is 0 Å². The Morgan fingerprint density at radius 3 is 2.42 bits per heavy atom. The lowest BCUT2D eigenvalue weighted by atomic mass is 10.0. The molecule has 0 aliphatic carbocycles. The number of rotatable bonds is 3. The van der Waals surface area contributed by atoms with Gasteiger partial charge in [-0.15, -0.1) is 0 Å². The van der Waals surface area contributed by atoms with Gasteiger partial charge in [0.25, 0.3) is 5.91 Å². The molecule has 0 saturated carbocycles. The van der Waals surface area contributed by atoms with E-state index in [1.54, 1.807) is 18.4 Å². The smallest absolute Gasteiger partial charge is 0.257 e. The summed E-state index contributed by atoms with van der Waals surface area (Å²) in [5.41, 5.74) is 4.20. The number of hydrogen-bond acceptors (Lipinski definition) is 5. The third kappa shape index (κ3) is 3.61. The molecule has 5 nitrogen and oxygen atoms in total. The number of benzene rings is 3. The lowest BCUT2D eigenvalue weighted by molar-refractivity contribution is 0.0743. The summed E-state index contributed by atoms with van der Waals surface area (Å²) in [6.07, 6.45) is 0. The van der Waals surface area contributed by atoms with Crippen molar-refractivity contribution in [3.05, 3.63) is 65.2 Å². The van der Waals surface area contributed by atoms with Crippen LogP contribution in [0.15, 0.2) is 48.5 Å². The summed E-state index contributed by atoms with van der Waals surface area (Å²) < 4.78 is 6.79. The number of nitrogens with zero attached hydrogens (tertiary/aromatic N) is 3. The second kappa shape index (κ2) is 7.85. The number of piperazine rings is 1. The zero-order chi connectivity index (χ0) is 21.5. The molecule has 0 unspecified atom stereocenters. The minimum Gasteiger partial charge on any atom is -0.496 e. The number of carbonyl (C=O) groups is 1. The predicted molar refractivity (Wildman–Crippen MR) is 128 cm³/mol. The molecule has 4 aromatic rings. The van der Waals surface area contributed by atoms with Crippen molar-refractivity contribution in [2.75, 3.05) is 38.2 Å². The van der Waals surface area contributed by atoms with Gasteiger partial charge in [0, 0.05) is 26.2 Å². The van der Waals surface area contributed by atoms with Crippen molar-refractivity contribution in [1.82, 2.24) is 9.88 Å². The van der Waals surface area contributed by atoms with Crippen LogP contribution in [0.4, 0.5) is 5.13 Å². The number of thiazole rings is 1. The maximum Gasteiger partial charge on any atom is 0.257 e. The Kier molecular flexibility index (Phi) is 5.02. The van der Waals surface area contributed by atoms with E-state index in [2.05, 4.69) is 30.9 Å². The molecule has 0 atom stereocenters. The fraction of sp³-hybridized carbons (Fsp3) is 0.280. The maximum absolute atomic E-state index is 13.3. The minimum absolute atomic E-state index is 0.0259. The molecule has 1 amide bonds. The van der Waals surface area contributed by atoms with Crippen molar-refractivity contribution < 1.29 is 9.53 Å². The SMILES string of the molecule is COc1cc2ccccc2cc1C(=O)N1CCN(c2nc3cc(C)cc(C)c3s2)CC1. The van der Waals surface area contributed by atoms with Crippen LogP contribution in [0.5, 0.6) is 5.75 Å².